The molecule has 0 aliphatic heterocycles. The summed E-state index contributed by atoms with van der Waals surface area (Å²) in [4.78, 5) is 11.2. The van der Waals surface area contributed by atoms with E-state index in [1.165, 1.54) is 7.05 Å². The molecule has 0 saturated heterocycles. The number of carboxylic acids is 1. The van der Waals surface area contributed by atoms with E-state index in [2.05, 4.69) is 5.10 Å². The van der Waals surface area contributed by atoms with Crippen molar-refractivity contribution in [2.45, 2.75) is 12.8 Å². The van der Waals surface area contributed by atoms with E-state index >= 15 is 0 Å². The Balaban J connectivity index is 2.46. The predicted octanol–water partition coefficient (Wildman–Crippen LogP) is 3.95. The van der Waals surface area contributed by atoms with Gasteiger partial charge in [0.25, 0.3) is 6.43 Å². The molecule has 0 bridgehead atoms. The molecule has 0 unspecified atom stereocenters. The normalized spacial score (nSPS) is 11.1. The maximum atomic E-state index is 13.0. The van der Waals surface area contributed by atoms with Crippen LogP contribution < -0.4 is 0 Å². The second-order valence-corrected chi connectivity index (χ2v) is 5.18. The molecule has 2 rings (SSSR count). The summed E-state index contributed by atoms with van der Waals surface area (Å²) in [5.74, 6) is -1.44. The second kappa shape index (κ2) is 5.99. The van der Waals surface area contributed by atoms with Gasteiger partial charge in [-0.05, 0) is 17.7 Å². The maximum absolute atomic E-state index is 13.0. The van der Waals surface area contributed by atoms with Crippen LogP contribution in [0, 0.1) is 0 Å². The molecule has 8 heteroatoms. The molecule has 0 aliphatic rings. The van der Waals surface area contributed by atoms with E-state index in [1.54, 1.807) is 18.2 Å². The zero-order valence-electron chi connectivity index (χ0n) is 10.8. The highest BCUT2D eigenvalue weighted by Gasteiger charge is 2.27. The van der Waals surface area contributed by atoms with Gasteiger partial charge in [0, 0.05) is 13.5 Å². The Morgan fingerprint density at radius 1 is 1.38 bits per heavy atom. The third-order valence-corrected chi connectivity index (χ3v) is 3.68. The molecule has 1 aromatic heterocycles. The average Bonchev–Trinajstić information content (AvgIpc) is 2.70. The fraction of sp³-hybridized carbons (Fsp3) is 0.231. The minimum atomic E-state index is -2.92. The van der Waals surface area contributed by atoms with Gasteiger partial charge in [0.05, 0.1) is 15.7 Å². The summed E-state index contributed by atoms with van der Waals surface area (Å²) < 4.78 is 26.8. The van der Waals surface area contributed by atoms with Crippen molar-refractivity contribution in [2.24, 2.45) is 7.05 Å². The molecule has 4 nitrogen and oxygen atoms in total. The first kappa shape index (κ1) is 15.7. The SMILES string of the molecule is Cn1nc(Cc2ccc(Cl)c(Cl)c2)c(C(=O)O)c1C(F)F. The van der Waals surface area contributed by atoms with E-state index in [0.717, 1.165) is 4.68 Å². The van der Waals surface area contributed by atoms with Gasteiger partial charge < -0.3 is 5.11 Å². The van der Waals surface area contributed by atoms with Gasteiger partial charge in [-0.2, -0.15) is 5.10 Å². The van der Waals surface area contributed by atoms with Gasteiger partial charge in [0.2, 0.25) is 0 Å². The molecule has 0 amide bonds. The lowest BCUT2D eigenvalue weighted by Gasteiger charge is -2.03. The smallest absolute Gasteiger partial charge is 0.339 e. The first-order valence-electron chi connectivity index (χ1n) is 5.82. The van der Waals surface area contributed by atoms with Crippen LogP contribution in [0.2, 0.25) is 10.0 Å². The van der Waals surface area contributed by atoms with Crippen molar-refractivity contribution >= 4 is 29.2 Å². The highest BCUT2D eigenvalue weighted by atomic mass is 35.5. The molecular weight excluding hydrogens is 325 g/mol. The quantitative estimate of drug-likeness (QED) is 0.920. The summed E-state index contributed by atoms with van der Waals surface area (Å²) in [6.45, 7) is 0. The Morgan fingerprint density at radius 2 is 2.05 bits per heavy atom. The zero-order chi connectivity index (χ0) is 15.7. The first-order valence-corrected chi connectivity index (χ1v) is 6.58. The van der Waals surface area contributed by atoms with E-state index in [0.29, 0.717) is 15.6 Å². The number of hydrogen-bond acceptors (Lipinski definition) is 2. The van der Waals surface area contributed by atoms with Gasteiger partial charge in [-0.3, -0.25) is 4.68 Å². The number of halogens is 4. The van der Waals surface area contributed by atoms with Crippen molar-refractivity contribution < 1.29 is 18.7 Å². The van der Waals surface area contributed by atoms with E-state index < -0.39 is 23.7 Å². The standard InChI is InChI=1S/C13H10Cl2F2N2O2/c1-19-11(12(16)17)10(13(20)21)9(18-19)5-6-2-3-7(14)8(15)4-6/h2-4,12H,5H2,1H3,(H,20,21). The summed E-state index contributed by atoms with van der Waals surface area (Å²) in [5, 5.41) is 13.7. The fourth-order valence-electron chi connectivity index (χ4n) is 2.04. The van der Waals surface area contributed by atoms with Crippen LogP contribution >= 0.6 is 23.2 Å². The van der Waals surface area contributed by atoms with E-state index in [4.69, 9.17) is 28.3 Å². The lowest BCUT2D eigenvalue weighted by atomic mass is 10.1. The third kappa shape index (κ3) is 3.16. The van der Waals surface area contributed by atoms with Gasteiger partial charge in [0.1, 0.15) is 11.3 Å². The number of carbonyl (C=O) groups is 1. The molecule has 0 fully saturated rings. The van der Waals surface area contributed by atoms with Gasteiger partial charge >= 0.3 is 5.97 Å². The number of rotatable bonds is 4. The Morgan fingerprint density at radius 3 is 2.57 bits per heavy atom. The summed E-state index contributed by atoms with van der Waals surface area (Å²) in [5.41, 5.74) is -0.402. The lowest BCUT2D eigenvalue weighted by molar-refractivity contribution is 0.0681. The van der Waals surface area contributed by atoms with Crippen LogP contribution in [0.1, 0.15) is 33.7 Å². The van der Waals surface area contributed by atoms with Crippen LogP contribution in [0.3, 0.4) is 0 Å². The van der Waals surface area contributed by atoms with E-state index in [9.17, 15) is 13.6 Å². The Labute approximate surface area is 128 Å². The Bertz CT molecular complexity index is 702. The number of benzene rings is 1. The molecule has 1 aromatic carbocycles. The van der Waals surface area contributed by atoms with Crippen LogP contribution in [-0.4, -0.2) is 20.9 Å². The molecule has 2 aromatic rings. The number of aryl methyl sites for hydroxylation is 1. The van der Waals surface area contributed by atoms with Crippen molar-refractivity contribution in [1.29, 1.82) is 0 Å². The topological polar surface area (TPSA) is 55.1 Å². The average molecular weight is 335 g/mol. The molecule has 0 radical (unpaired) electrons. The number of nitrogens with zero attached hydrogens (tertiary/aromatic N) is 2. The fourth-order valence-corrected chi connectivity index (χ4v) is 2.37. The van der Waals surface area contributed by atoms with Crippen molar-refractivity contribution in [3.8, 4) is 0 Å². The number of carboxylic acid groups (broad SMARTS) is 1. The van der Waals surface area contributed by atoms with Crippen molar-refractivity contribution in [3.05, 3.63) is 50.8 Å². The molecule has 0 aliphatic carbocycles. The first-order chi connectivity index (χ1) is 9.81. The van der Waals surface area contributed by atoms with Crippen LogP contribution in [-0.2, 0) is 13.5 Å². The predicted molar refractivity (Wildman–Crippen MR) is 74.4 cm³/mol. The van der Waals surface area contributed by atoms with Gasteiger partial charge in [-0.25, -0.2) is 13.6 Å². The molecule has 112 valence electrons. The van der Waals surface area contributed by atoms with Gasteiger partial charge in [-0.15, -0.1) is 0 Å². The maximum Gasteiger partial charge on any atom is 0.339 e. The third-order valence-electron chi connectivity index (χ3n) is 2.94. The summed E-state index contributed by atoms with van der Waals surface area (Å²) >= 11 is 11.7. The van der Waals surface area contributed by atoms with E-state index in [1.807, 2.05) is 0 Å². The minimum Gasteiger partial charge on any atom is -0.478 e. The zero-order valence-corrected chi connectivity index (χ0v) is 12.3. The number of alkyl halides is 2. The lowest BCUT2D eigenvalue weighted by Crippen LogP contribution is -2.06. The molecule has 0 atom stereocenters. The Hall–Kier alpha value is -1.66. The molecule has 21 heavy (non-hydrogen) atoms. The van der Waals surface area contributed by atoms with Crippen LogP contribution in [0.25, 0.3) is 0 Å². The molecule has 0 spiro atoms. The summed E-state index contributed by atoms with van der Waals surface area (Å²) in [6.07, 6.45) is -2.85. The molecular formula is C13H10Cl2F2N2O2. The van der Waals surface area contributed by atoms with Gasteiger partial charge in [-0.1, -0.05) is 29.3 Å². The Kier molecular flexibility index (Phi) is 4.49. The van der Waals surface area contributed by atoms with Crippen LogP contribution in [0.5, 0.6) is 0 Å². The largest absolute Gasteiger partial charge is 0.478 e. The van der Waals surface area contributed by atoms with Crippen molar-refractivity contribution in [3.63, 3.8) is 0 Å². The van der Waals surface area contributed by atoms with Gasteiger partial charge in [0.15, 0.2) is 0 Å². The highest BCUT2D eigenvalue weighted by molar-refractivity contribution is 6.42. The minimum absolute atomic E-state index is 0.0543. The highest BCUT2D eigenvalue weighted by Crippen LogP contribution is 2.28. The summed E-state index contributed by atoms with van der Waals surface area (Å²) in [7, 11) is 1.28. The van der Waals surface area contributed by atoms with Crippen LogP contribution in [0.4, 0.5) is 8.78 Å². The monoisotopic (exact) mass is 334 g/mol. The molecule has 0 saturated carbocycles. The number of aromatic carboxylic acids is 1. The van der Waals surface area contributed by atoms with Crippen LogP contribution in [0.15, 0.2) is 18.2 Å². The summed E-state index contributed by atoms with van der Waals surface area (Å²) in [6, 6.07) is 4.74. The molecule has 1 N–H and O–H groups in total. The van der Waals surface area contributed by atoms with E-state index in [-0.39, 0.29) is 12.1 Å². The molecule has 1 heterocycles. The van der Waals surface area contributed by atoms with Crippen molar-refractivity contribution in [1.82, 2.24) is 9.78 Å². The number of aromatic nitrogens is 2. The second-order valence-electron chi connectivity index (χ2n) is 4.36. The number of hydrogen-bond donors (Lipinski definition) is 1. The van der Waals surface area contributed by atoms with Crippen molar-refractivity contribution in [2.75, 3.05) is 0 Å².